The minimum absolute atomic E-state index is 0.00315. The van der Waals surface area contributed by atoms with E-state index in [1.54, 1.807) is 18.2 Å². The van der Waals surface area contributed by atoms with Crippen LogP contribution in [0.2, 0.25) is 0 Å². The van der Waals surface area contributed by atoms with Gasteiger partial charge in [0.2, 0.25) is 9.84 Å². The van der Waals surface area contributed by atoms with Crippen molar-refractivity contribution in [3.05, 3.63) is 84.6 Å². The molecule has 1 saturated carbocycles. The standard InChI is InChI=1S/C28H28N4O2S/c33-35(34,23-9-4-8-22(18-23)20-6-2-1-3-7-20)26-19-29-25-11-5-10-24(27(25)31-26)21-12-14-28(15-13-21)16-17-30-32-28/h1-11,18-19,21,30,32H,12-17H2. The molecule has 0 bridgehead atoms. The van der Waals surface area contributed by atoms with Crippen molar-refractivity contribution >= 4 is 20.9 Å². The molecule has 178 valence electrons. The molecule has 0 radical (unpaired) electrons. The van der Waals surface area contributed by atoms with Crippen LogP contribution < -0.4 is 10.9 Å². The molecular formula is C28H28N4O2S. The molecule has 2 heterocycles. The largest absolute Gasteiger partial charge is 0.257 e. The van der Waals surface area contributed by atoms with Gasteiger partial charge in [-0.05, 0) is 72.9 Å². The SMILES string of the molecule is O=S(=O)(c1cccc(-c2ccccc2)c1)c1cnc2cccc(C3CCC4(CCNN4)CC3)c2n1. The van der Waals surface area contributed by atoms with Crippen molar-refractivity contribution in [1.82, 2.24) is 20.8 Å². The summed E-state index contributed by atoms with van der Waals surface area (Å²) >= 11 is 0. The number of aromatic nitrogens is 2. The van der Waals surface area contributed by atoms with Gasteiger partial charge in [0.1, 0.15) is 0 Å². The van der Waals surface area contributed by atoms with E-state index in [1.807, 2.05) is 48.5 Å². The lowest BCUT2D eigenvalue weighted by Gasteiger charge is -2.37. The number of sulfone groups is 1. The van der Waals surface area contributed by atoms with Crippen LogP contribution in [0.3, 0.4) is 0 Å². The van der Waals surface area contributed by atoms with Gasteiger partial charge in [-0.25, -0.2) is 13.4 Å². The maximum Gasteiger partial charge on any atom is 0.225 e. The van der Waals surface area contributed by atoms with Crippen LogP contribution in [-0.2, 0) is 9.84 Å². The molecule has 1 saturated heterocycles. The molecule has 0 amide bonds. The molecule has 3 aromatic carbocycles. The molecule has 2 N–H and O–H groups in total. The van der Waals surface area contributed by atoms with Crippen LogP contribution in [-0.4, -0.2) is 30.5 Å². The van der Waals surface area contributed by atoms with Crippen LogP contribution in [0.5, 0.6) is 0 Å². The van der Waals surface area contributed by atoms with Gasteiger partial charge in [-0.3, -0.25) is 15.8 Å². The maximum absolute atomic E-state index is 13.6. The summed E-state index contributed by atoms with van der Waals surface area (Å²) in [5.74, 6) is 0.348. The van der Waals surface area contributed by atoms with Crippen molar-refractivity contribution in [1.29, 1.82) is 0 Å². The van der Waals surface area contributed by atoms with Crippen molar-refractivity contribution in [2.45, 2.75) is 53.5 Å². The van der Waals surface area contributed by atoms with Crippen LogP contribution >= 0.6 is 0 Å². The molecule has 35 heavy (non-hydrogen) atoms. The highest BCUT2D eigenvalue weighted by Gasteiger charge is 2.38. The first-order valence-electron chi connectivity index (χ1n) is 12.2. The van der Waals surface area contributed by atoms with Gasteiger partial charge in [-0.1, -0.05) is 54.6 Å². The molecule has 4 aromatic rings. The summed E-state index contributed by atoms with van der Waals surface area (Å²) in [6.07, 6.45) is 6.83. The van der Waals surface area contributed by atoms with E-state index in [1.165, 1.54) is 6.20 Å². The first-order chi connectivity index (χ1) is 17.0. The summed E-state index contributed by atoms with van der Waals surface area (Å²) in [4.78, 5) is 9.45. The molecule has 2 fully saturated rings. The molecule has 0 unspecified atom stereocenters. The van der Waals surface area contributed by atoms with Gasteiger partial charge in [-0.2, -0.15) is 0 Å². The monoisotopic (exact) mass is 484 g/mol. The second-order valence-electron chi connectivity index (χ2n) is 9.68. The van der Waals surface area contributed by atoms with E-state index in [9.17, 15) is 8.42 Å². The maximum atomic E-state index is 13.6. The van der Waals surface area contributed by atoms with Crippen LogP contribution in [0.1, 0.15) is 43.6 Å². The van der Waals surface area contributed by atoms with E-state index in [0.29, 0.717) is 11.4 Å². The summed E-state index contributed by atoms with van der Waals surface area (Å²) in [5, 5.41) is -0.00315. The zero-order chi connectivity index (χ0) is 23.9. The normalized spacial score (nSPS) is 22.6. The van der Waals surface area contributed by atoms with Gasteiger partial charge in [0.05, 0.1) is 22.1 Å². The Morgan fingerprint density at radius 3 is 2.40 bits per heavy atom. The second-order valence-corrected chi connectivity index (χ2v) is 11.6. The Kier molecular flexibility index (Phi) is 5.63. The highest BCUT2D eigenvalue weighted by atomic mass is 32.2. The molecule has 2 aliphatic rings. The predicted octanol–water partition coefficient (Wildman–Crippen LogP) is 5.02. The van der Waals surface area contributed by atoms with Crippen molar-refractivity contribution in [2.75, 3.05) is 6.54 Å². The number of rotatable bonds is 4. The molecule has 1 aromatic heterocycles. The Hall–Kier alpha value is -3.13. The number of para-hydroxylation sites is 1. The van der Waals surface area contributed by atoms with Gasteiger partial charge < -0.3 is 0 Å². The number of hydrogen-bond acceptors (Lipinski definition) is 6. The minimum atomic E-state index is -3.82. The number of hydrogen-bond donors (Lipinski definition) is 2. The number of nitrogens with one attached hydrogen (secondary N) is 2. The van der Waals surface area contributed by atoms with Crippen molar-refractivity contribution < 1.29 is 8.42 Å². The molecule has 0 atom stereocenters. The summed E-state index contributed by atoms with van der Waals surface area (Å²) < 4.78 is 27.2. The first kappa shape index (κ1) is 22.3. The Labute approximate surface area is 205 Å². The fourth-order valence-electron chi connectivity index (χ4n) is 5.56. The fraction of sp³-hybridized carbons (Fsp3) is 0.286. The second kappa shape index (κ2) is 8.82. The van der Waals surface area contributed by atoms with Crippen molar-refractivity contribution in [3.63, 3.8) is 0 Å². The smallest absolute Gasteiger partial charge is 0.225 e. The molecule has 1 aliphatic heterocycles. The van der Waals surface area contributed by atoms with E-state index in [-0.39, 0.29) is 15.5 Å². The van der Waals surface area contributed by atoms with E-state index in [4.69, 9.17) is 4.98 Å². The van der Waals surface area contributed by atoms with Crippen molar-refractivity contribution in [2.24, 2.45) is 0 Å². The lowest BCUT2D eigenvalue weighted by molar-refractivity contribution is 0.235. The van der Waals surface area contributed by atoms with Gasteiger partial charge in [0.25, 0.3) is 0 Å². The zero-order valence-corrected chi connectivity index (χ0v) is 20.3. The minimum Gasteiger partial charge on any atom is -0.257 e. The lowest BCUT2D eigenvalue weighted by atomic mass is 9.73. The third-order valence-corrected chi connectivity index (χ3v) is 9.20. The van der Waals surface area contributed by atoms with Crippen LogP contribution in [0.25, 0.3) is 22.2 Å². The third kappa shape index (κ3) is 4.14. The Morgan fingerprint density at radius 1 is 0.857 bits per heavy atom. The highest BCUT2D eigenvalue weighted by Crippen LogP contribution is 2.42. The van der Waals surface area contributed by atoms with Crippen LogP contribution in [0.4, 0.5) is 0 Å². The van der Waals surface area contributed by atoms with Gasteiger partial charge in [-0.15, -0.1) is 0 Å². The van der Waals surface area contributed by atoms with Gasteiger partial charge in [0.15, 0.2) is 5.03 Å². The van der Waals surface area contributed by atoms with Crippen LogP contribution in [0.15, 0.2) is 88.9 Å². The predicted molar refractivity (Wildman–Crippen MR) is 137 cm³/mol. The average Bonchev–Trinajstić information content (AvgIpc) is 3.37. The number of benzene rings is 3. The summed E-state index contributed by atoms with van der Waals surface area (Å²) in [6.45, 7) is 1.01. The molecule has 1 aliphatic carbocycles. The summed E-state index contributed by atoms with van der Waals surface area (Å²) in [5.41, 5.74) is 11.3. The van der Waals surface area contributed by atoms with Crippen molar-refractivity contribution in [3.8, 4) is 11.1 Å². The summed E-state index contributed by atoms with van der Waals surface area (Å²) in [7, 11) is -3.82. The lowest BCUT2D eigenvalue weighted by Crippen LogP contribution is -2.46. The molecule has 1 spiro atoms. The quantitative estimate of drug-likeness (QED) is 0.423. The van der Waals surface area contributed by atoms with E-state index in [0.717, 1.165) is 60.9 Å². The van der Waals surface area contributed by atoms with Gasteiger partial charge in [0, 0.05) is 12.1 Å². The number of fused-ring (bicyclic) bond motifs is 1. The van der Waals surface area contributed by atoms with E-state index >= 15 is 0 Å². The van der Waals surface area contributed by atoms with Crippen LogP contribution in [0, 0.1) is 0 Å². The zero-order valence-electron chi connectivity index (χ0n) is 19.4. The molecular weight excluding hydrogens is 456 g/mol. The Balaban J connectivity index is 1.35. The molecule has 6 nitrogen and oxygen atoms in total. The summed E-state index contributed by atoms with van der Waals surface area (Å²) in [6, 6.07) is 22.8. The molecule has 7 heteroatoms. The van der Waals surface area contributed by atoms with E-state index in [2.05, 4.69) is 21.9 Å². The first-order valence-corrected chi connectivity index (χ1v) is 13.7. The Morgan fingerprint density at radius 2 is 1.63 bits per heavy atom. The number of nitrogens with zero attached hydrogens (tertiary/aromatic N) is 2. The number of hydrazine groups is 1. The molecule has 6 rings (SSSR count). The average molecular weight is 485 g/mol. The highest BCUT2D eigenvalue weighted by molar-refractivity contribution is 7.91. The van der Waals surface area contributed by atoms with Gasteiger partial charge >= 0.3 is 0 Å². The fourth-order valence-corrected chi connectivity index (χ4v) is 6.75. The Bertz CT molecular complexity index is 1470. The third-order valence-electron chi connectivity index (χ3n) is 7.57. The topological polar surface area (TPSA) is 84.0 Å². The van der Waals surface area contributed by atoms with E-state index < -0.39 is 9.84 Å².